The third-order valence-corrected chi connectivity index (χ3v) is 3.69. The Morgan fingerprint density at radius 3 is 2.50 bits per heavy atom. The molecule has 9 heteroatoms. The molecule has 0 saturated heterocycles. The van der Waals surface area contributed by atoms with Crippen molar-refractivity contribution in [2.75, 3.05) is 0 Å². The first-order valence-corrected chi connectivity index (χ1v) is 7.86. The van der Waals surface area contributed by atoms with E-state index in [1.807, 2.05) is 0 Å². The third-order valence-electron chi connectivity index (χ3n) is 3.69. The van der Waals surface area contributed by atoms with Crippen LogP contribution in [0.15, 0.2) is 62.7 Å². The summed E-state index contributed by atoms with van der Waals surface area (Å²) in [6.07, 6.45) is 1.44. The van der Waals surface area contributed by atoms with E-state index in [0.29, 0.717) is 11.1 Å². The molecule has 9 nitrogen and oxygen atoms in total. The van der Waals surface area contributed by atoms with Gasteiger partial charge in [0, 0.05) is 25.2 Å². The van der Waals surface area contributed by atoms with E-state index in [2.05, 4.69) is 10.9 Å². The molecule has 0 atom stereocenters. The molecule has 134 valence electrons. The SMILES string of the molecule is O=C(CCn1c(=O)oc2ccccc21)NNC(=O)Cn1ccccc1=O. The van der Waals surface area contributed by atoms with E-state index in [0.717, 1.165) is 0 Å². The summed E-state index contributed by atoms with van der Waals surface area (Å²) >= 11 is 0. The Labute approximate surface area is 146 Å². The maximum Gasteiger partial charge on any atom is 0.419 e. The minimum atomic E-state index is -0.550. The predicted molar refractivity (Wildman–Crippen MR) is 92.1 cm³/mol. The van der Waals surface area contributed by atoms with Crippen molar-refractivity contribution < 1.29 is 14.0 Å². The summed E-state index contributed by atoms with van der Waals surface area (Å²) in [6, 6.07) is 11.4. The van der Waals surface area contributed by atoms with Crippen molar-refractivity contribution in [2.24, 2.45) is 0 Å². The minimum absolute atomic E-state index is 0.0327. The number of carbonyl (C=O) groups excluding carboxylic acids is 2. The number of benzene rings is 1. The fourth-order valence-corrected chi connectivity index (χ4v) is 2.43. The zero-order valence-corrected chi connectivity index (χ0v) is 13.7. The largest absolute Gasteiger partial charge is 0.419 e. The number of hydrogen-bond acceptors (Lipinski definition) is 5. The second-order valence-electron chi connectivity index (χ2n) is 5.50. The Bertz CT molecular complexity index is 1060. The fourth-order valence-electron chi connectivity index (χ4n) is 2.43. The normalized spacial score (nSPS) is 10.6. The van der Waals surface area contributed by atoms with Gasteiger partial charge in [0.2, 0.25) is 5.91 Å². The summed E-state index contributed by atoms with van der Waals surface area (Å²) in [5.41, 5.74) is 5.20. The lowest BCUT2D eigenvalue weighted by molar-refractivity contribution is -0.129. The Kier molecular flexibility index (Phi) is 4.97. The number of oxazole rings is 1. The van der Waals surface area contributed by atoms with Gasteiger partial charge in [-0.2, -0.15) is 0 Å². The van der Waals surface area contributed by atoms with Crippen molar-refractivity contribution in [3.8, 4) is 0 Å². The highest BCUT2D eigenvalue weighted by Crippen LogP contribution is 2.11. The van der Waals surface area contributed by atoms with E-state index in [-0.39, 0.29) is 25.1 Å². The molecular formula is C17H16N4O5. The number of pyridine rings is 1. The van der Waals surface area contributed by atoms with Crippen LogP contribution in [0, 0.1) is 0 Å². The number of hydrazine groups is 1. The van der Waals surface area contributed by atoms with Crippen LogP contribution >= 0.6 is 0 Å². The zero-order valence-electron chi connectivity index (χ0n) is 13.7. The standard InChI is InChI=1S/C17H16N4O5/c22-14(18-19-15(23)11-20-9-4-3-7-16(20)24)8-10-21-12-5-1-2-6-13(12)26-17(21)25/h1-7,9H,8,10-11H2,(H,18,22)(H,19,23). The van der Waals surface area contributed by atoms with Crippen molar-refractivity contribution >= 4 is 22.9 Å². The second-order valence-corrected chi connectivity index (χ2v) is 5.50. The van der Waals surface area contributed by atoms with Gasteiger partial charge in [-0.3, -0.25) is 29.8 Å². The number of aromatic nitrogens is 2. The third kappa shape index (κ3) is 3.89. The van der Waals surface area contributed by atoms with Crippen molar-refractivity contribution in [3.63, 3.8) is 0 Å². The van der Waals surface area contributed by atoms with E-state index < -0.39 is 17.6 Å². The van der Waals surface area contributed by atoms with Crippen molar-refractivity contribution in [2.45, 2.75) is 19.5 Å². The maximum atomic E-state index is 11.9. The van der Waals surface area contributed by atoms with Crippen LogP contribution in [0.1, 0.15) is 6.42 Å². The Hall–Kier alpha value is -3.62. The van der Waals surface area contributed by atoms with Crippen LogP contribution < -0.4 is 22.2 Å². The maximum absolute atomic E-state index is 11.9. The van der Waals surface area contributed by atoms with Crippen LogP contribution in [-0.2, 0) is 22.7 Å². The molecular weight excluding hydrogens is 340 g/mol. The number of fused-ring (bicyclic) bond motifs is 1. The smallest absolute Gasteiger partial charge is 0.408 e. The van der Waals surface area contributed by atoms with Crippen LogP contribution in [0.25, 0.3) is 11.1 Å². The van der Waals surface area contributed by atoms with Crippen LogP contribution in [0.5, 0.6) is 0 Å². The second kappa shape index (κ2) is 7.51. The minimum Gasteiger partial charge on any atom is -0.408 e. The Balaban J connectivity index is 1.52. The molecule has 0 aliphatic rings. The monoisotopic (exact) mass is 356 g/mol. The Morgan fingerprint density at radius 2 is 1.69 bits per heavy atom. The van der Waals surface area contributed by atoms with E-state index in [1.165, 1.54) is 21.4 Å². The van der Waals surface area contributed by atoms with E-state index in [1.54, 1.807) is 36.4 Å². The molecule has 2 aromatic heterocycles. The average Bonchev–Trinajstić information content (AvgIpc) is 2.95. The van der Waals surface area contributed by atoms with Gasteiger partial charge in [-0.05, 0) is 18.2 Å². The van der Waals surface area contributed by atoms with Crippen LogP contribution in [0.2, 0.25) is 0 Å². The number of para-hydroxylation sites is 2. The highest BCUT2D eigenvalue weighted by atomic mass is 16.4. The molecule has 0 aliphatic carbocycles. The van der Waals surface area contributed by atoms with Crippen molar-refractivity contribution in [1.82, 2.24) is 20.0 Å². The number of rotatable bonds is 5. The fraction of sp³-hybridized carbons (Fsp3) is 0.176. The van der Waals surface area contributed by atoms with E-state index in [9.17, 15) is 19.2 Å². The molecule has 0 radical (unpaired) electrons. The number of amides is 2. The van der Waals surface area contributed by atoms with Gasteiger partial charge in [-0.15, -0.1) is 0 Å². The summed E-state index contributed by atoms with van der Waals surface area (Å²) in [5.74, 6) is -1.57. The topological polar surface area (TPSA) is 115 Å². The molecule has 0 spiro atoms. The van der Waals surface area contributed by atoms with Gasteiger partial charge in [-0.25, -0.2) is 4.79 Å². The average molecular weight is 356 g/mol. The number of hydrogen-bond donors (Lipinski definition) is 2. The van der Waals surface area contributed by atoms with Gasteiger partial charge in [-0.1, -0.05) is 18.2 Å². The van der Waals surface area contributed by atoms with Gasteiger partial charge in [0.1, 0.15) is 6.54 Å². The lowest BCUT2D eigenvalue weighted by Crippen LogP contribution is -2.44. The number of aryl methyl sites for hydroxylation is 1. The lowest BCUT2D eigenvalue weighted by atomic mass is 10.3. The molecule has 2 N–H and O–H groups in total. The van der Waals surface area contributed by atoms with Gasteiger partial charge >= 0.3 is 5.76 Å². The molecule has 0 saturated carbocycles. The number of carbonyl (C=O) groups is 2. The molecule has 3 rings (SSSR count). The number of nitrogens with zero attached hydrogens (tertiary/aromatic N) is 2. The quantitative estimate of drug-likeness (QED) is 0.624. The summed E-state index contributed by atoms with van der Waals surface area (Å²) < 4.78 is 7.64. The van der Waals surface area contributed by atoms with Crippen LogP contribution in [0.3, 0.4) is 0 Å². The first-order valence-electron chi connectivity index (χ1n) is 7.86. The lowest BCUT2D eigenvalue weighted by Gasteiger charge is -2.08. The van der Waals surface area contributed by atoms with Gasteiger partial charge in [0.05, 0.1) is 5.52 Å². The molecule has 0 bridgehead atoms. The predicted octanol–water partition coefficient (Wildman–Crippen LogP) is -0.00610. The Morgan fingerprint density at radius 1 is 0.962 bits per heavy atom. The van der Waals surface area contributed by atoms with Crippen LogP contribution in [-0.4, -0.2) is 20.9 Å². The molecule has 2 heterocycles. The van der Waals surface area contributed by atoms with Crippen LogP contribution in [0.4, 0.5) is 0 Å². The molecule has 1 aromatic carbocycles. The molecule has 0 fully saturated rings. The van der Waals surface area contributed by atoms with Crippen molar-refractivity contribution in [3.05, 3.63) is 69.6 Å². The summed E-state index contributed by atoms with van der Waals surface area (Å²) in [5, 5.41) is 0. The first-order chi connectivity index (χ1) is 12.5. The number of nitrogens with one attached hydrogen (secondary N) is 2. The van der Waals surface area contributed by atoms with Gasteiger partial charge < -0.3 is 8.98 Å². The van der Waals surface area contributed by atoms with E-state index in [4.69, 9.17) is 4.42 Å². The molecule has 3 aromatic rings. The van der Waals surface area contributed by atoms with Crippen molar-refractivity contribution in [1.29, 1.82) is 0 Å². The van der Waals surface area contributed by atoms with Gasteiger partial charge in [0.15, 0.2) is 5.58 Å². The van der Waals surface area contributed by atoms with E-state index >= 15 is 0 Å². The summed E-state index contributed by atoms with van der Waals surface area (Å²) in [7, 11) is 0. The van der Waals surface area contributed by atoms with Gasteiger partial charge in [0.25, 0.3) is 11.5 Å². The highest BCUT2D eigenvalue weighted by molar-refractivity contribution is 5.82. The zero-order chi connectivity index (χ0) is 18.5. The summed E-state index contributed by atoms with van der Waals surface area (Å²) in [4.78, 5) is 47.0. The molecule has 0 aliphatic heterocycles. The first kappa shape index (κ1) is 17.2. The highest BCUT2D eigenvalue weighted by Gasteiger charge is 2.11. The summed E-state index contributed by atoms with van der Waals surface area (Å²) in [6.45, 7) is -0.110. The molecule has 2 amide bonds. The molecule has 0 unspecified atom stereocenters. The molecule has 26 heavy (non-hydrogen) atoms.